The van der Waals surface area contributed by atoms with Crippen molar-refractivity contribution in [2.75, 3.05) is 5.43 Å². The Kier molecular flexibility index (Phi) is 4.49. The molecule has 0 bridgehead atoms. The molecular formula is C12H8Cl2N4O2. The maximum Gasteiger partial charge on any atom is 0.287 e. The van der Waals surface area contributed by atoms with Crippen molar-refractivity contribution in [1.29, 1.82) is 0 Å². The van der Waals surface area contributed by atoms with Crippen LogP contribution in [0.2, 0.25) is 10.0 Å². The molecule has 0 saturated heterocycles. The second-order valence-electron chi connectivity index (χ2n) is 3.69. The summed E-state index contributed by atoms with van der Waals surface area (Å²) >= 11 is 11.8. The van der Waals surface area contributed by atoms with Crippen molar-refractivity contribution in [3.05, 3.63) is 62.3 Å². The minimum atomic E-state index is -0.520. The van der Waals surface area contributed by atoms with Gasteiger partial charge in [0, 0.05) is 16.7 Å². The molecule has 0 unspecified atom stereocenters. The van der Waals surface area contributed by atoms with Crippen molar-refractivity contribution < 1.29 is 4.92 Å². The zero-order valence-electron chi connectivity index (χ0n) is 9.96. The van der Waals surface area contributed by atoms with Gasteiger partial charge < -0.3 is 0 Å². The Bertz CT molecular complexity index is 659. The summed E-state index contributed by atoms with van der Waals surface area (Å²) in [6, 6.07) is 7.81. The van der Waals surface area contributed by atoms with Gasteiger partial charge in [-0.15, -0.1) is 0 Å². The van der Waals surface area contributed by atoms with Gasteiger partial charge in [0.25, 0.3) is 5.69 Å². The number of nitrogens with one attached hydrogen (secondary N) is 1. The Morgan fingerprint density at radius 1 is 1.30 bits per heavy atom. The molecule has 0 aliphatic heterocycles. The molecule has 1 N–H and O–H groups in total. The van der Waals surface area contributed by atoms with Gasteiger partial charge in [0.1, 0.15) is 12.0 Å². The van der Waals surface area contributed by atoms with Crippen molar-refractivity contribution >= 4 is 40.9 Å². The van der Waals surface area contributed by atoms with Gasteiger partial charge in [0.2, 0.25) is 0 Å². The molecule has 8 heteroatoms. The number of aromatic nitrogens is 1. The molecule has 0 spiro atoms. The summed E-state index contributed by atoms with van der Waals surface area (Å²) in [6.07, 6.45) is 2.65. The van der Waals surface area contributed by atoms with Gasteiger partial charge in [-0.3, -0.25) is 15.5 Å². The van der Waals surface area contributed by atoms with Crippen molar-refractivity contribution in [1.82, 2.24) is 4.98 Å². The van der Waals surface area contributed by atoms with Gasteiger partial charge in [-0.2, -0.15) is 5.10 Å². The van der Waals surface area contributed by atoms with Gasteiger partial charge in [-0.25, -0.2) is 4.98 Å². The highest BCUT2D eigenvalue weighted by atomic mass is 35.5. The second kappa shape index (κ2) is 6.31. The Morgan fingerprint density at radius 2 is 2.10 bits per heavy atom. The van der Waals surface area contributed by atoms with Crippen molar-refractivity contribution in [2.24, 2.45) is 5.10 Å². The lowest BCUT2D eigenvalue weighted by Gasteiger charge is -2.00. The number of nitrogens with zero attached hydrogens (tertiary/aromatic N) is 3. The molecule has 0 aliphatic carbocycles. The van der Waals surface area contributed by atoms with E-state index in [0.717, 1.165) is 6.20 Å². The minimum Gasteiger partial charge on any atom is -0.261 e. The smallest absolute Gasteiger partial charge is 0.261 e. The molecular weight excluding hydrogens is 303 g/mol. The zero-order chi connectivity index (χ0) is 14.5. The van der Waals surface area contributed by atoms with Crippen LogP contribution in [-0.4, -0.2) is 16.1 Å². The van der Waals surface area contributed by atoms with E-state index >= 15 is 0 Å². The Hall–Kier alpha value is -2.18. The van der Waals surface area contributed by atoms with Crippen LogP contribution in [0.3, 0.4) is 0 Å². The van der Waals surface area contributed by atoms with Crippen LogP contribution in [0.1, 0.15) is 5.56 Å². The van der Waals surface area contributed by atoms with Crippen LogP contribution in [0.5, 0.6) is 0 Å². The standard InChI is InChI=1S/C12H8Cl2N4O2/c13-9-2-1-8(11(14)5-9)6-16-17-12-4-3-10(7-15-12)18(19)20/h1-7H,(H,15,17). The second-order valence-corrected chi connectivity index (χ2v) is 4.54. The third-order valence-electron chi connectivity index (χ3n) is 2.30. The average molecular weight is 311 g/mol. The Morgan fingerprint density at radius 3 is 2.70 bits per heavy atom. The largest absolute Gasteiger partial charge is 0.287 e. The molecule has 2 aromatic rings. The Balaban J connectivity index is 2.04. The summed E-state index contributed by atoms with van der Waals surface area (Å²) in [5.74, 6) is 0.386. The average Bonchev–Trinajstić information content (AvgIpc) is 2.42. The lowest BCUT2D eigenvalue weighted by atomic mass is 10.2. The van der Waals surface area contributed by atoms with Gasteiger partial charge in [0.15, 0.2) is 0 Å². The van der Waals surface area contributed by atoms with E-state index in [1.54, 1.807) is 18.2 Å². The van der Waals surface area contributed by atoms with Crippen LogP contribution in [0.4, 0.5) is 11.5 Å². The van der Waals surface area contributed by atoms with Crippen LogP contribution >= 0.6 is 23.2 Å². The molecule has 20 heavy (non-hydrogen) atoms. The van der Waals surface area contributed by atoms with Crippen LogP contribution in [0.15, 0.2) is 41.6 Å². The topological polar surface area (TPSA) is 80.4 Å². The number of hydrogen-bond acceptors (Lipinski definition) is 5. The summed E-state index contributed by atoms with van der Waals surface area (Å²) in [5.41, 5.74) is 3.25. The molecule has 2 rings (SSSR count). The van der Waals surface area contributed by atoms with E-state index in [1.165, 1.54) is 18.3 Å². The highest BCUT2D eigenvalue weighted by Crippen LogP contribution is 2.19. The highest BCUT2D eigenvalue weighted by Gasteiger charge is 2.04. The molecule has 1 aromatic carbocycles. The molecule has 0 atom stereocenters. The van der Waals surface area contributed by atoms with E-state index < -0.39 is 4.92 Å². The number of hydrogen-bond donors (Lipinski definition) is 1. The third kappa shape index (κ3) is 3.66. The molecule has 0 saturated carbocycles. The summed E-state index contributed by atoms with van der Waals surface area (Å²) in [6.45, 7) is 0. The van der Waals surface area contributed by atoms with Gasteiger partial charge in [-0.05, 0) is 18.2 Å². The number of hydrazone groups is 1. The number of anilines is 1. The van der Waals surface area contributed by atoms with Crippen LogP contribution < -0.4 is 5.43 Å². The van der Waals surface area contributed by atoms with E-state index in [2.05, 4.69) is 15.5 Å². The third-order valence-corrected chi connectivity index (χ3v) is 2.87. The fraction of sp³-hybridized carbons (Fsp3) is 0. The lowest BCUT2D eigenvalue weighted by Crippen LogP contribution is -1.95. The number of pyridine rings is 1. The first-order valence-corrected chi connectivity index (χ1v) is 6.16. The van der Waals surface area contributed by atoms with E-state index in [1.807, 2.05) is 0 Å². The predicted octanol–water partition coefficient (Wildman–Crippen LogP) is 3.74. The molecule has 6 nitrogen and oxygen atoms in total. The van der Waals surface area contributed by atoms with E-state index in [9.17, 15) is 10.1 Å². The van der Waals surface area contributed by atoms with Crippen LogP contribution in [0, 0.1) is 10.1 Å². The fourth-order valence-electron chi connectivity index (χ4n) is 1.33. The van der Waals surface area contributed by atoms with Crippen molar-refractivity contribution in [3.8, 4) is 0 Å². The first-order chi connectivity index (χ1) is 9.56. The fourth-order valence-corrected chi connectivity index (χ4v) is 1.79. The normalized spacial score (nSPS) is 10.7. The molecule has 0 radical (unpaired) electrons. The minimum absolute atomic E-state index is 0.0831. The molecule has 0 fully saturated rings. The quantitative estimate of drug-likeness (QED) is 0.530. The first kappa shape index (κ1) is 14.2. The van der Waals surface area contributed by atoms with Gasteiger partial charge in [-0.1, -0.05) is 29.3 Å². The summed E-state index contributed by atoms with van der Waals surface area (Å²) < 4.78 is 0. The summed E-state index contributed by atoms with van der Waals surface area (Å²) in [5, 5.41) is 15.4. The van der Waals surface area contributed by atoms with E-state index in [0.29, 0.717) is 21.4 Å². The monoisotopic (exact) mass is 310 g/mol. The lowest BCUT2D eigenvalue weighted by molar-refractivity contribution is -0.385. The number of halogens is 2. The summed E-state index contributed by atoms with van der Waals surface area (Å²) in [4.78, 5) is 13.8. The highest BCUT2D eigenvalue weighted by molar-refractivity contribution is 6.36. The number of rotatable bonds is 4. The van der Waals surface area contributed by atoms with Crippen molar-refractivity contribution in [3.63, 3.8) is 0 Å². The van der Waals surface area contributed by atoms with E-state index in [-0.39, 0.29) is 5.69 Å². The SMILES string of the molecule is O=[N+]([O-])c1ccc(NN=Cc2ccc(Cl)cc2Cl)nc1. The van der Waals surface area contributed by atoms with Gasteiger partial charge in [0.05, 0.1) is 16.2 Å². The molecule has 1 heterocycles. The van der Waals surface area contributed by atoms with Crippen molar-refractivity contribution in [2.45, 2.75) is 0 Å². The molecule has 102 valence electrons. The maximum absolute atomic E-state index is 10.5. The van der Waals surface area contributed by atoms with Crippen LogP contribution in [0.25, 0.3) is 0 Å². The van der Waals surface area contributed by atoms with E-state index in [4.69, 9.17) is 23.2 Å². The molecule has 0 amide bonds. The number of benzene rings is 1. The maximum atomic E-state index is 10.5. The number of nitro groups is 1. The predicted molar refractivity (Wildman–Crippen MR) is 78.6 cm³/mol. The first-order valence-electron chi connectivity index (χ1n) is 5.41. The van der Waals surface area contributed by atoms with Gasteiger partial charge >= 0.3 is 0 Å². The molecule has 1 aromatic heterocycles. The Labute approximate surface area is 124 Å². The summed E-state index contributed by atoms with van der Waals surface area (Å²) in [7, 11) is 0. The zero-order valence-corrected chi connectivity index (χ0v) is 11.5. The molecule has 0 aliphatic rings. The van der Waals surface area contributed by atoms with Crippen LogP contribution in [-0.2, 0) is 0 Å².